The maximum atomic E-state index is 9.31. The third-order valence-electron chi connectivity index (χ3n) is 1.72. The van der Waals surface area contributed by atoms with Crippen LogP contribution in [0, 0.1) is 0 Å². The van der Waals surface area contributed by atoms with E-state index in [4.69, 9.17) is 0 Å². The van der Waals surface area contributed by atoms with Gasteiger partial charge in [0, 0.05) is 13.1 Å². The first-order valence-electron chi connectivity index (χ1n) is 4.50. The van der Waals surface area contributed by atoms with Gasteiger partial charge in [0.05, 0.1) is 5.82 Å². The monoisotopic (exact) mass is 172 g/mol. The molecule has 12 heavy (non-hydrogen) atoms. The summed E-state index contributed by atoms with van der Waals surface area (Å²) in [6.07, 6.45) is 0.600. The molecule has 0 aromatic carbocycles. The van der Waals surface area contributed by atoms with Crippen LogP contribution < -0.4 is 5.32 Å². The summed E-state index contributed by atoms with van der Waals surface area (Å²) in [7, 11) is 0. The number of nitrogens with zero attached hydrogens (tertiary/aromatic N) is 1. The first-order valence-corrected chi connectivity index (χ1v) is 4.50. The fourth-order valence-corrected chi connectivity index (χ4v) is 1.05. The fourth-order valence-electron chi connectivity index (χ4n) is 1.05. The van der Waals surface area contributed by atoms with Crippen LogP contribution in [0.25, 0.3) is 0 Å². The summed E-state index contributed by atoms with van der Waals surface area (Å²) in [5, 5.41) is 12.4. The summed E-state index contributed by atoms with van der Waals surface area (Å²) in [5.74, 6) is 0.800. The van der Waals surface area contributed by atoms with Gasteiger partial charge in [-0.25, -0.2) is 0 Å². The Morgan fingerprint density at radius 3 is 2.50 bits per heavy atom. The van der Waals surface area contributed by atoms with Gasteiger partial charge in [-0.2, -0.15) is 0 Å². The van der Waals surface area contributed by atoms with E-state index in [1.165, 1.54) is 0 Å². The molecule has 0 rings (SSSR count). The SMILES string of the molecule is C=C(NCCC)N(CC)[C@@H](C)O. The zero-order valence-corrected chi connectivity index (χ0v) is 8.30. The molecule has 0 spiro atoms. The summed E-state index contributed by atoms with van der Waals surface area (Å²) in [6.45, 7) is 11.3. The average molecular weight is 172 g/mol. The molecule has 0 saturated carbocycles. The Balaban J connectivity index is 3.86. The number of aliphatic hydroxyl groups excluding tert-OH is 1. The van der Waals surface area contributed by atoms with Crippen molar-refractivity contribution in [2.24, 2.45) is 0 Å². The Kier molecular flexibility index (Phi) is 5.54. The molecule has 72 valence electrons. The van der Waals surface area contributed by atoms with Crippen LogP contribution in [0.1, 0.15) is 27.2 Å². The second-order valence-electron chi connectivity index (χ2n) is 2.79. The second kappa shape index (κ2) is 5.89. The molecule has 0 aliphatic carbocycles. The quantitative estimate of drug-likeness (QED) is 0.589. The van der Waals surface area contributed by atoms with Gasteiger partial charge in [-0.1, -0.05) is 13.5 Å². The Morgan fingerprint density at radius 2 is 2.17 bits per heavy atom. The van der Waals surface area contributed by atoms with Gasteiger partial charge in [0.25, 0.3) is 0 Å². The lowest BCUT2D eigenvalue weighted by atomic mass is 10.4. The van der Waals surface area contributed by atoms with E-state index in [1.807, 2.05) is 11.8 Å². The van der Waals surface area contributed by atoms with E-state index in [2.05, 4.69) is 18.8 Å². The summed E-state index contributed by atoms with van der Waals surface area (Å²) >= 11 is 0. The molecule has 1 atom stereocenters. The average Bonchev–Trinajstić information content (AvgIpc) is 2.01. The number of rotatable bonds is 6. The molecule has 0 aliphatic heterocycles. The smallest absolute Gasteiger partial charge is 0.125 e. The van der Waals surface area contributed by atoms with Crippen LogP contribution in [0.2, 0.25) is 0 Å². The topological polar surface area (TPSA) is 35.5 Å². The maximum Gasteiger partial charge on any atom is 0.125 e. The first kappa shape index (κ1) is 11.3. The fraction of sp³-hybridized carbons (Fsp3) is 0.778. The highest BCUT2D eigenvalue weighted by Crippen LogP contribution is 2.01. The van der Waals surface area contributed by atoms with Crippen molar-refractivity contribution in [3.63, 3.8) is 0 Å². The first-order chi connectivity index (χ1) is 5.63. The molecule has 0 heterocycles. The number of aliphatic hydroxyl groups is 1. The van der Waals surface area contributed by atoms with Crippen molar-refractivity contribution in [1.29, 1.82) is 0 Å². The van der Waals surface area contributed by atoms with Crippen LogP contribution in [0.15, 0.2) is 12.4 Å². The van der Waals surface area contributed by atoms with Crippen molar-refractivity contribution < 1.29 is 5.11 Å². The van der Waals surface area contributed by atoms with Gasteiger partial charge in [0.15, 0.2) is 0 Å². The van der Waals surface area contributed by atoms with E-state index in [-0.39, 0.29) is 0 Å². The highest BCUT2D eigenvalue weighted by atomic mass is 16.3. The van der Waals surface area contributed by atoms with E-state index in [9.17, 15) is 5.11 Å². The predicted molar refractivity (Wildman–Crippen MR) is 51.5 cm³/mol. The van der Waals surface area contributed by atoms with Gasteiger partial charge in [-0.3, -0.25) is 0 Å². The van der Waals surface area contributed by atoms with E-state index < -0.39 is 6.23 Å². The minimum Gasteiger partial charge on any atom is -0.374 e. The summed E-state index contributed by atoms with van der Waals surface area (Å²) in [5.41, 5.74) is 0. The number of hydrogen-bond donors (Lipinski definition) is 2. The predicted octanol–water partition coefficient (Wildman–Crippen LogP) is 1.12. The van der Waals surface area contributed by atoms with Crippen molar-refractivity contribution in [3.8, 4) is 0 Å². The molecule has 0 aromatic heterocycles. The van der Waals surface area contributed by atoms with Gasteiger partial charge in [-0.15, -0.1) is 0 Å². The molecule has 3 heteroatoms. The van der Waals surface area contributed by atoms with E-state index >= 15 is 0 Å². The van der Waals surface area contributed by atoms with Crippen molar-refractivity contribution in [2.75, 3.05) is 13.1 Å². The zero-order valence-electron chi connectivity index (χ0n) is 8.30. The van der Waals surface area contributed by atoms with Crippen LogP contribution >= 0.6 is 0 Å². The van der Waals surface area contributed by atoms with Crippen molar-refractivity contribution in [1.82, 2.24) is 10.2 Å². The number of hydrogen-bond acceptors (Lipinski definition) is 3. The Labute approximate surface area is 75.1 Å². The molecule has 0 aromatic rings. The summed E-state index contributed by atoms with van der Waals surface area (Å²) in [6, 6.07) is 0. The van der Waals surface area contributed by atoms with Gasteiger partial charge >= 0.3 is 0 Å². The molecular formula is C9H20N2O. The molecule has 2 N–H and O–H groups in total. The van der Waals surface area contributed by atoms with Crippen LogP contribution in [0.3, 0.4) is 0 Å². The summed E-state index contributed by atoms with van der Waals surface area (Å²) < 4.78 is 0. The molecule has 3 nitrogen and oxygen atoms in total. The highest BCUT2D eigenvalue weighted by Gasteiger charge is 2.08. The standard InChI is InChI=1S/C9H20N2O/c1-5-7-10-8(3)11(6-2)9(4)12/h9-10,12H,3,5-7H2,1-2,4H3/t9-/m1/s1. The van der Waals surface area contributed by atoms with Crippen LogP contribution in [-0.4, -0.2) is 29.3 Å². The van der Waals surface area contributed by atoms with E-state index in [1.54, 1.807) is 6.92 Å². The zero-order chi connectivity index (χ0) is 9.56. The van der Waals surface area contributed by atoms with Crippen molar-refractivity contribution in [3.05, 3.63) is 12.4 Å². The Hall–Kier alpha value is -0.700. The van der Waals surface area contributed by atoms with Crippen molar-refractivity contribution >= 4 is 0 Å². The lowest BCUT2D eigenvalue weighted by Crippen LogP contribution is -2.37. The maximum absolute atomic E-state index is 9.31. The van der Waals surface area contributed by atoms with Gasteiger partial charge in [-0.05, 0) is 20.3 Å². The molecule has 0 unspecified atom stereocenters. The Bertz CT molecular complexity index is 134. The normalized spacial score (nSPS) is 12.3. The third kappa shape index (κ3) is 3.62. The van der Waals surface area contributed by atoms with Crippen LogP contribution in [0.5, 0.6) is 0 Å². The van der Waals surface area contributed by atoms with Crippen molar-refractivity contribution in [2.45, 2.75) is 33.4 Å². The number of nitrogens with one attached hydrogen (secondary N) is 1. The molecule has 0 fully saturated rings. The molecule has 0 saturated heterocycles. The minimum atomic E-state index is -0.466. The van der Waals surface area contributed by atoms with E-state index in [0.717, 1.165) is 25.3 Å². The Morgan fingerprint density at radius 1 is 1.58 bits per heavy atom. The van der Waals surface area contributed by atoms with Gasteiger partial charge in [0.1, 0.15) is 6.23 Å². The van der Waals surface area contributed by atoms with Gasteiger partial charge < -0.3 is 15.3 Å². The third-order valence-corrected chi connectivity index (χ3v) is 1.72. The van der Waals surface area contributed by atoms with E-state index in [0.29, 0.717) is 0 Å². The molecular weight excluding hydrogens is 152 g/mol. The molecule has 0 amide bonds. The van der Waals surface area contributed by atoms with Crippen LogP contribution in [-0.2, 0) is 0 Å². The largest absolute Gasteiger partial charge is 0.374 e. The highest BCUT2D eigenvalue weighted by molar-refractivity contribution is 4.90. The second-order valence-corrected chi connectivity index (χ2v) is 2.79. The minimum absolute atomic E-state index is 0.466. The lowest BCUT2D eigenvalue weighted by Gasteiger charge is -2.28. The van der Waals surface area contributed by atoms with Gasteiger partial charge in [0.2, 0.25) is 0 Å². The summed E-state index contributed by atoms with van der Waals surface area (Å²) in [4.78, 5) is 1.82. The molecule has 0 radical (unpaired) electrons. The van der Waals surface area contributed by atoms with Crippen LogP contribution in [0.4, 0.5) is 0 Å². The molecule has 0 aliphatic rings. The molecule has 0 bridgehead atoms. The lowest BCUT2D eigenvalue weighted by molar-refractivity contribution is 0.0433.